The molecule has 1 aromatic carbocycles. The van der Waals surface area contributed by atoms with E-state index in [1.165, 1.54) is 16.8 Å². The number of hydrogen-bond acceptors (Lipinski definition) is 4. The number of alkyl halides is 3. The van der Waals surface area contributed by atoms with E-state index in [0.717, 1.165) is 12.1 Å². The van der Waals surface area contributed by atoms with Crippen LogP contribution in [0.3, 0.4) is 0 Å². The third-order valence-electron chi connectivity index (χ3n) is 2.17. The maximum Gasteiger partial charge on any atom is 0.416 e. The number of nitrogens with one attached hydrogen (secondary N) is 1. The minimum atomic E-state index is -4.58. The van der Waals surface area contributed by atoms with Gasteiger partial charge in [-0.1, -0.05) is 17.4 Å². The van der Waals surface area contributed by atoms with Gasteiger partial charge in [-0.25, -0.2) is 4.39 Å². The molecule has 0 radical (unpaired) electrons. The Bertz CT molecular complexity index is 524. The highest BCUT2D eigenvalue weighted by molar-refractivity contribution is 7.13. The maximum absolute atomic E-state index is 12.9. The van der Waals surface area contributed by atoms with Gasteiger partial charge in [0, 0.05) is 6.54 Å². The molecule has 0 aliphatic rings. The number of aromatic nitrogens is 2. The molecular weight excluding hydrogens is 270 g/mol. The lowest BCUT2D eigenvalue weighted by Crippen LogP contribution is -2.12. The zero-order valence-corrected chi connectivity index (χ0v) is 9.65. The zero-order chi connectivity index (χ0) is 13.2. The molecule has 1 heterocycles. The van der Waals surface area contributed by atoms with E-state index in [1.807, 2.05) is 0 Å². The van der Waals surface area contributed by atoms with E-state index in [0.29, 0.717) is 11.2 Å². The van der Waals surface area contributed by atoms with E-state index >= 15 is 0 Å². The number of anilines is 1. The van der Waals surface area contributed by atoms with Crippen LogP contribution in [0.2, 0.25) is 0 Å². The van der Waals surface area contributed by atoms with Gasteiger partial charge < -0.3 is 5.32 Å². The van der Waals surface area contributed by atoms with Crippen molar-refractivity contribution in [3.05, 3.63) is 40.7 Å². The second-order valence-electron chi connectivity index (χ2n) is 3.40. The number of halogens is 4. The normalized spacial score (nSPS) is 11.6. The Hall–Kier alpha value is -1.70. The quantitative estimate of drug-likeness (QED) is 0.875. The van der Waals surface area contributed by atoms with E-state index in [4.69, 9.17) is 0 Å². The minimum Gasteiger partial charge on any atom is -0.356 e. The monoisotopic (exact) mass is 277 g/mol. The van der Waals surface area contributed by atoms with Crippen molar-refractivity contribution >= 4 is 16.5 Å². The standard InChI is InChI=1S/C10H7F4N3S/c11-7-2-1-6(8(3-7)10(12,13)14)4-15-9-17-16-5-18-9/h1-3,5H,4H2,(H,15,17). The second kappa shape index (κ2) is 4.89. The largest absolute Gasteiger partial charge is 0.416 e. The Kier molecular flexibility index (Phi) is 3.46. The highest BCUT2D eigenvalue weighted by Gasteiger charge is 2.33. The van der Waals surface area contributed by atoms with Crippen molar-refractivity contribution in [1.29, 1.82) is 0 Å². The van der Waals surface area contributed by atoms with Crippen molar-refractivity contribution in [1.82, 2.24) is 10.2 Å². The van der Waals surface area contributed by atoms with Crippen LogP contribution < -0.4 is 5.32 Å². The average molecular weight is 277 g/mol. The molecule has 0 aliphatic heterocycles. The Labute approximate surface area is 103 Å². The van der Waals surface area contributed by atoms with Crippen LogP contribution in [-0.2, 0) is 12.7 Å². The van der Waals surface area contributed by atoms with E-state index in [9.17, 15) is 17.6 Å². The summed E-state index contributed by atoms with van der Waals surface area (Å²) in [5.41, 5.74) is 0.427. The van der Waals surface area contributed by atoms with E-state index in [-0.39, 0.29) is 12.1 Å². The lowest BCUT2D eigenvalue weighted by Gasteiger charge is -2.13. The molecule has 0 saturated carbocycles. The van der Waals surface area contributed by atoms with Gasteiger partial charge in [0.05, 0.1) is 5.56 Å². The van der Waals surface area contributed by atoms with Gasteiger partial charge >= 0.3 is 6.18 Å². The first-order valence-electron chi connectivity index (χ1n) is 4.82. The predicted molar refractivity (Wildman–Crippen MR) is 58.6 cm³/mol. The van der Waals surface area contributed by atoms with Crippen LogP contribution >= 0.6 is 11.3 Å². The summed E-state index contributed by atoms with van der Waals surface area (Å²) in [6.45, 7) is -0.0929. The molecule has 3 nitrogen and oxygen atoms in total. The van der Waals surface area contributed by atoms with Crippen LogP contribution in [0.4, 0.5) is 22.7 Å². The summed E-state index contributed by atoms with van der Waals surface area (Å²) in [4.78, 5) is 0. The number of rotatable bonds is 3. The van der Waals surface area contributed by atoms with Crippen LogP contribution in [0.1, 0.15) is 11.1 Å². The van der Waals surface area contributed by atoms with Crippen molar-refractivity contribution < 1.29 is 17.6 Å². The highest BCUT2D eigenvalue weighted by atomic mass is 32.1. The van der Waals surface area contributed by atoms with Crippen LogP contribution in [-0.4, -0.2) is 10.2 Å². The van der Waals surface area contributed by atoms with Gasteiger partial charge in [0.25, 0.3) is 0 Å². The first kappa shape index (κ1) is 12.7. The predicted octanol–water partition coefficient (Wildman–Crippen LogP) is 3.31. The molecule has 96 valence electrons. The van der Waals surface area contributed by atoms with Gasteiger partial charge in [-0.2, -0.15) is 13.2 Å². The Morgan fingerprint density at radius 1 is 1.28 bits per heavy atom. The van der Waals surface area contributed by atoms with E-state index in [1.54, 1.807) is 0 Å². The third kappa shape index (κ3) is 2.95. The Morgan fingerprint density at radius 2 is 2.06 bits per heavy atom. The molecule has 0 spiro atoms. The summed E-state index contributed by atoms with van der Waals surface area (Å²) in [7, 11) is 0. The molecule has 1 aromatic heterocycles. The van der Waals surface area contributed by atoms with Crippen LogP contribution in [0.25, 0.3) is 0 Å². The SMILES string of the molecule is Fc1ccc(CNc2nncs2)c(C(F)(F)F)c1. The van der Waals surface area contributed by atoms with E-state index < -0.39 is 17.6 Å². The van der Waals surface area contributed by atoms with Gasteiger partial charge in [-0.15, -0.1) is 10.2 Å². The Balaban J connectivity index is 2.22. The van der Waals surface area contributed by atoms with Gasteiger partial charge in [0.15, 0.2) is 0 Å². The lowest BCUT2D eigenvalue weighted by molar-refractivity contribution is -0.138. The number of benzene rings is 1. The molecule has 0 bridgehead atoms. The summed E-state index contributed by atoms with van der Waals surface area (Å²) in [6, 6.07) is 2.58. The van der Waals surface area contributed by atoms with Gasteiger partial charge in [-0.05, 0) is 17.7 Å². The summed E-state index contributed by atoms with van der Waals surface area (Å²) < 4.78 is 50.9. The van der Waals surface area contributed by atoms with Gasteiger partial charge in [-0.3, -0.25) is 0 Å². The molecule has 0 saturated heterocycles. The second-order valence-corrected chi connectivity index (χ2v) is 4.23. The fraction of sp³-hybridized carbons (Fsp3) is 0.200. The fourth-order valence-corrected chi connectivity index (χ4v) is 1.83. The smallest absolute Gasteiger partial charge is 0.356 e. The van der Waals surface area contributed by atoms with Crippen molar-refractivity contribution in [2.75, 3.05) is 5.32 Å². The highest BCUT2D eigenvalue weighted by Crippen LogP contribution is 2.32. The average Bonchev–Trinajstić information content (AvgIpc) is 2.79. The first-order chi connectivity index (χ1) is 8.47. The van der Waals surface area contributed by atoms with Crippen LogP contribution in [0.15, 0.2) is 23.7 Å². The third-order valence-corrected chi connectivity index (χ3v) is 2.82. The number of nitrogens with zero attached hydrogens (tertiary/aromatic N) is 2. The van der Waals surface area contributed by atoms with Crippen molar-refractivity contribution in [3.8, 4) is 0 Å². The lowest BCUT2D eigenvalue weighted by atomic mass is 10.1. The molecule has 0 amide bonds. The summed E-state index contributed by atoms with van der Waals surface area (Å²) in [5, 5.41) is 10.3. The molecule has 0 atom stereocenters. The van der Waals surface area contributed by atoms with Crippen molar-refractivity contribution in [3.63, 3.8) is 0 Å². The molecular formula is C10H7F4N3S. The van der Waals surface area contributed by atoms with Gasteiger partial charge in [0.2, 0.25) is 5.13 Å². The topological polar surface area (TPSA) is 37.8 Å². The van der Waals surface area contributed by atoms with Gasteiger partial charge in [0.1, 0.15) is 11.3 Å². The van der Waals surface area contributed by atoms with Crippen molar-refractivity contribution in [2.24, 2.45) is 0 Å². The molecule has 8 heteroatoms. The first-order valence-corrected chi connectivity index (χ1v) is 5.70. The molecule has 0 unspecified atom stereocenters. The number of hydrogen-bond donors (Lipinski definition) is 1. The summed E-state index contributed by atoms with van der Waals surface area (Å²) in [5.74, 6) is -0.915. The fourth-order valence-electron chi connectivity index (χ4n) is 1.39. The summed E-state index contributed by atoms with van der Waals surface area (Å²) in [6.07, 6.45) is -4.58. The molecule has 2 aromatic rings. The maximum atomic E-state index is 12.9. The van der Waals surface area contributed by atoms with E-state index in [2.05, 4.69) is 15.5 Å². The Morgan fingerprint density at radius 3 is 2.67 bits per heavy atom. The van der Waals surface area contributed by atoms with Crippen LogP contribution in [0, 0.1) is 5.82 Å². The molecule has 0 aliphatic carbocycles. The van der Waals surface area contributed by atoms with Crippen LogP contribution in [0.5, 0.6) is 0 Å². The summed E-state index contributed by atoms with van der Waals surface area (Å²) >= 11 is 1.17. The molecule has 2 rings (SSSR count). The minimum absolute atomic E-state index is 0.0425. The molecule has 18 heavy (non-hydrogen) atoms. The zero-order valence-electron chi connectivity index (χ0n) is 8.83. The molecule has 0 fully saturated rings. The molecule has 1 N–H and O–H groups in total. The van der Waals surface area contributed by atoms with Crippen molar-refractivity contribution in [2.45, 2.75) is 12.7 Å².